The van der Waals surface area contributed by atoms with E-state index in [1.807, 2.05) is 19.1 Å². The maximum absolute atomic E-state index is 12.1. The first kappa shape index (κ1) is 10.6. The van der Waals surface area contributed by atoms with E-state index >= 15 is 0 Å². The molecule has 3 nitrogen and oxygen atoms in total. The zero-order valence-electron chi connectivity index (χ0n) is 9.51. The molecule has 86 valence electrons. The van der Waals surface area contributed by atoms with Crippen LogP contribution in [0.1, 0.15) is 38.8 Å². The number of Topliss-reactive ketones (excluding diaryl/α,β-unsaturated/α-hetero) is 1. The van der Waals surface area contributed by atoms with E-state index < -0.39 is 0 Å². The Morgan fingerprint density at radius 1 is 1.47 bits per heavy atom. The van der Waals surface area contributed by atoms with Gasteiger partial charge in [-0.15, -0.1) is 5.10 Å². The SMILES string of the molecule is Cc1nnsc1C(=O)CC1Cc2ccccc21. The summed E-state index contributed by atoms with van der Waals surface area (Å²) in [5, 5.41) is 3.88. The van der Waals surface area contributed by atoms with Crippen LogP contribution in [0.25, 0.3) is 0 Å². The number of carbonyl (C=O) groups is 1. The van der Waals surface area contributed by atoms with Crippen molar-refractivity contribution in [3.63, 3.8) is 0 Å². The molecule has 0 N–H and O–H groups in total. The summed E-state index contributed by atoms with van der Waals surface area (Å²) in [5.41, 5.74) is 3.47. The zero-order valence-corrected chi connectivity index (χ0v) is 10.3. The van der Waals surface area contributed by atoms with Gasteiger partial charge in [-0.25, -0.2) is 0 Å². The average Bonchev–Trinajstić information content (AvgIpc) is 2.72. The lowest BCUT2D eigenvalue weighted by Crippen LogP contribution is -2.20. The Morgan fingerprint density at radius 2 is 2.29 bits per heavy atom. The molecule has 0 radical (unpaired) electrons. The predicted molar refractivity (Wildman–Crippen MR) is 66.5 cm³/mol. The molecule has 17 heavy (non-hydrogen) atoms. The summed E-state index contributed by atoms with van der Waals surface area (Å²) in [4.78, 5) is 12.8. The number of ketones is 1. The summed E-state index contributed by atoms with van der Waals surface area (Å²) in [6, 6.07) is 8.34. The predicted octanol–water partition coefficient (Wildman–Crippen LogP) is 2.76. The average molecular weight is 244 g/mol. The van der Waals surface area contributed by atoms with Gasteiger partial charge in [0, 0.05) is 6.42 Å². The fourth-order valence-corrected chi connectivity index (χ4v) is 2.95. The second-order valence-electron chi connectivity index (χ2n) is 4.41. The number of hydrogen-bond donors (Lipinski definition) is 0. The number of fused-ring (bicyclic) bond motifs is 1. The molecular weight excluding hydrogens is 232 g/mol. The van der Waals surface area contributed by atoms with Crippen LogP contribution in [0.4, 0.5) is 0 Å². The molecule has 2 aromatic rings. The molecule has 1 aromatic heterocycles. The van der Waals surface area contributed by atoms with Gasteiger partial charge in [0.05, 0.1) is 5.69 Å². The molecule has 0 amide bonds. The summed E-state index contributed by atoms with van der Waals surface area (Å²) in [6.45, 7) is 1.84. The quantitative estimate of drug-likeness (QED) is 0.780. The highest BCUT2D eigenvalue weighted by molar-refractivity contribution is 7.08. The maximum Gasteiger partial charge on any atom is 0.176 e. The van der Waals surface area contributed by atoms with Gasteiger partial charge >= 0.3 is 0 Å². The molecule has 0 spiro atoms. The van der Waals surface area contributed by atoms with Crippen molar-refractivity contribution in [2.75, 3.05) is 0 Å². The van der Waals surface area contributed by atoms with E-state index in [4.69, 9.17) is 0 Å². The summed E-state index contributed by atoms with van der Waals surface area (Å²) >= 11 is 1.20. The minimum atomic E-state index is 0.178. The summed E-state index contributed by atoms with van der Waals surface area (Å²) in [6.07, 6.45) is 1.61. The lowest BCUT2D eigenvalue weighted by atomic mass is 9.75. The second-order valence-corrected chi connectivity index (χ2v) is 5.17. The Labute approximate surface area is 104 Å². The van der Waals surface area contributed by atoms with Crippen LogP contribution in [0.5, 0.6) is 0 Å². The minimum absolute atomic E-state index is 0.178. The highest BCUT2D eigenvalue weighted by atomic mass is 32.1. The normalized spacial score (nSPS) is 17.4. The van der Waals surface area contributed by atoms with Crippen LogP contribution in [0, 0.1) is 6.92 Å². The van der Waals surface area contributed by atoms with Gasteiger partial charge in [-0.3, -0.25) is 4.79 Å². The van der Waals surface area contributed by atoms with Gasteiger partial charge in [-0.1, -0.05) is 28.8 Å². The molecule has 0 saturated carbocycles. The fraction of sp³-hybridized carbons (Fsp3) is 0.308. The molecule has 1 heterocycles. The van der Waals surface area contributed by atoms with Crippen molar-refractivity contribution in [2.45, 2.75) is 25.7 Å². The van der Waals surface area contributed by atoms with Crippen molar-refractivity contribution in [1.29, 1.82) is 0 Å². The molecule has 1 unspecified atom stereocenters. The number of aromatic nitrogens is 2. The maximum atomic E-state index is 12.1. The van der Waals surface area contributed by atoms with E-state index in [1.165, 1.54) is 22.7 Å². The largest absolute Gasteiger partial charge is 0.293 e. The van der Waals surface area contributed by atoms with Crippen LogP contribution in [-0.4, -0.2) is 15.4 Å². The molecule has 1 aliphatic rings. The first-order chi connectivity index (χ1) is 8.25. The number of rotatable bonds is 3. The van der Waals surface area contributed by atoms with E-state index in [9.17, 15) is 4.79 Å². The molecule has 0 fully saturated rings. The number of nitrogens with zero attached hydrogens (tertiary/aromatic N) is 2. The Balaban J connectivity index is 1.75. The highest BCUT2D eigenvalue weighted by Gasteiger charge is 2.28. The first-order valence-electron chi connectivity index (χ1n) is 5.65. The molecule has 1 atom stereocenters. The van der Waals surface area contributed by atoms with E-state index in [0.717, 1.165) is 17.0 Å². The van der Waals surface area contributed by atoms with Crippen molar-refractivity contribution >= 4 is 17.3 Å². The molecule has 0 bridgehead atoms. The van der Waals surface area contributed by atoms with Crippen LogP contribution < -0.4 is 0 Å². The van der Waals surface area contributed by atoms with Crippen molar-refractivity contribution in [3.05, 3.63) is 46.0 Å². The lowest BCUT2D eigenvalue weighted by Gasteiger charge is -2.29. The second kappa shape index (κ2) is 4.04. The van der Waals surface area contributed by atoms with Gasteiger partial charge in [0.1, 0.15) is 4.88 Å². The third-order valence-corrected chi connectivity index (χ3v) is 4.17. The summed E-state index contributed by atoms with van der Waals surface area (Å²) in [5.74, 6) is 0.567. The van der Waals surface area contributed by atoms with Crippen LogP contribution in [-0.2, 0) is 6.42 Å². The van der Waals surface area contributed by atoms with E-state index in [1.54, 1.807) is 0 Å². The van der Waals surface area contributed by atoms with E-state index in [-0.39, 0.29) is 5.78 Å². The third-order valence-electron chi connectivity index (χ3n) is 3.30. The van der Waals surface area contributed by atoms with Gasteiger partial charge in [0.15, 0.2) is 5.78 Å². The molecule has 1 aromatic carbocycles. The molecule has 3 rings (SSSR count). The van der Waals surface area contributed by atoms with Gasteiger partial charge < -0.3 is 0 Å². The lowest BCUT2D eigenvalue weighted by molar-refractivity contribution is 0.0973. The topological polar surface area (TPSA) is 42.9 Å². The van der Waals surface area contributed by atoms with Gasteiger partial charge in [-0.2, -0.15) is 0 Å². The van der Waals surface area contributed by atoms with Crippen molar-refractivity contribution < 1.29 is 4.79 Å². The van der Waals surface area contributed by atoms with E-state index in [2.05, 4.69) is 21.7 Å². The monoisotopic (exact) mass is 244 g/mol. The molecule has 4 heteroatoms. The first-order valence-corrected chi connectivity index (χ1v) is 6.43. The smallest absolute Gasteiger partial charge is 0.176 e. The van der Waals surface area contributed by atoms with Crippen molar-refractivity contribution in [1.82, 2.24) is 9.59 Å². The number of benzene rings is 1. The molecule has 1 aliphatic carbocycles. The Morgan fingerprint density at radius 3 is 3.00 bits per heavy atom. The van der Waals surface area contributed by atoms with E-state index in [0.29, 0.717) is 12.3 Å². The van der Waals surface area contributed by atoms with Crippen LogP contribution in [0.15, 0.2) is 24.3 Å². The third kappa shape index (κ3) is 1.78. The number of carbonyl (C=O) groups excluding carboxylic acids is 1. The summed E-state index contributed by atoms with van der Waals surface area (Å²) < 4.78 is 3.81. The Kier molecular flexibility index (Phi) is 2.52. The zero-order chi connectivity index (χ0) is 11.8. The van der Waals surface area contributed by atoms with Crippen molar-refractivity contribution in [3.8, 4) is 0 Å². The van der Waals surface area contributed by atoms with Gasteiger partial charge in [0.2, 0.25) is 0 Å². The fourth-order valence-electron chi connectivity index (χ4n) is 2.35. The van der Waals surface area contributed by atoms with Gasteiger partial charge in [0.25, 0.3) is 0 Å². The number of aryl methyl sites for hydroxylation is 1. The van der Waals surface area contributed by atoms with Crippen LogP contribution in [0.3, 0.4) is 0 Å². The van der Waals surface area contributed by atoms with Crippen LogP contribution in [0.2, 0.25) is 0 Å². The summed E-state index contributed by atoms with van der Waals surface area (Å²) in [7, 11) is 0. The van der Waals surface area contributed by atoms with Crippen molar-refractivity contribution in [2.24, 2.45) is 0 Å². The molecule has 0 aliphatic heterocycles. The van der Waals surface area contributed by atoms with Crippen LogP contribution >= 0.6 is 11.5 Å². The highest BCUT2D eigenvalue weighted by Crippen LogP contribution is 2.38. The molecular formula is C13H12N2OS. The number of hydrogen-bond acceptors (Lipinski definition) is 4. The van der Waals surface area contributed by atoms with Gasteiger partial charge in [-0.05, 0) is 41.9 Å². The molecule has 0 saturated heterocycles. The standard InChI is InChI=1S/C13H12N2OS/c1-8-13(17-15-14-8)12(16)7-10-6-9-4-2-3-5-11(9)10/h2-5,10H,6-7H2,1H3. The Hall–Kier alpha value is -1.55. The minimum Gasteiger partial charge on any atom is -0.293 e. The Bertz CT molecular complexity index is 576.